The molecule has 7 nitrogen and oxygen atoms in total. The highest BCUT2D eigenvalue weighted by atomic mass is 16.2. The van der Waals surface area contributed by atoms with Crippen LogP contribution in [-0.2, 0) is 29.6 Å². The number of nitrogens with zero attached hydrogens (tertiary/aromatic N) is 4. The fourth-order valence-electron chi connectivity index (χ4n) is 3.45. The molecule has 26 heavy (non-hydrogen) atoms. The van der Waals surface area contributed by atoms with E-state index in [0.29, 0.717) is 19.4 Å². The van der Waals surface area contributed by atoms with Gasteiger partial charge in [0, 0.05) is 45.0 Å². The van der Waals surface area contributed by atoms with Gasteiger partial charge in [-0.25, -0.2) is 0 Å². The first-order chi connectivity index (χ1) is 12.5. The van der Waals surface area contributed by atoms with Crippen LogP contribution >= 0.6 is 0 Å². The van der Waals surface area contributed by atoms with Gasteiger partial charge in [0.15, 0.2) is 0 Å². The summed E-state index contributed by atoms with van der Waals surface area (Å²) in [6.07, 6.45) is 6.66. The molecule has 2 aromatic rings. The maximum absolute atomic E-state index is 12.8. The van der Waals surface area contributed by atoms with E-state index in [1.807, 2.05) is 34.8 Å². The molecule has 0 aliphatic carbocycles. The molecule has 2 amide bonds. The SMILES string of the molecule is CC(=O)NCc1cc([C@@H]2CCCN2C(=O)CCc2ccnn2C)ccn1. The first kappa shape index (κ1) is 18.1. The normalized spacial score (nSPS) is 16.7. The van der Waals surface area contributed by atoms with E-state index in [1.54, 1.807) is 12.4 Å². The van der Waals surface area contributed by atoms with Crippen LogP contribution in [0.2, 0.25) is 0 Å². The molecule has 1 fully saturated rings. The summed E-state index contributed by atoms with van der Waals surface area (Å²) in [6.45, 7) is 2.69. The van der Waals surface area contributed by atoms with Crippen LogP contribution in [0.15, 0.2) is 30.6 Å². The van der Waals surface area contributed by atoms with Crippen LogP contribution in [0.3, 0.4) is 0 Å². The summed E-state index contributed by atoms with van der Waals surface area (Å²) >= 11 is 0. The number of likely N-dealkylation sites (tertiary alicyclic amines) is 1. The second kappa shape index (κ2) is 8.12. The van der Waals surface area contributed by atoms with Crippen LogP contribution in [0.4, 0.5) is 0 Å². The molecule has 0 saturated carbocycles. The summed E-state index contributed by atoms with van der Waals surface area (Å²) in [7, 11) is 1.89. The minimum absolute atomic E-state index is 0.0787. The molecule has 1 aliphatic rings. The molecule has 2 aromatic heterocycles. The zero-order valence-electron chi connectivity index (χ0n) is 15.3. The van der Waals surface area contributed by atoms with Gasteiger partial charge in [-0.3, -0.25) is 19.3 Å². The fraction of sp³-hybridized carbons (Fsp3) is 0.474. The first-order valence-corrected chi connectivity index (χ1v) is 9.00. The number of carbonyl (C=O) groups is 2. The van der Waals surface area contributed by atoms with Crippen LogP contribution in [-0.4, -0.2) is 38.0 Å². The van der Waals surface area contributed by atoms with Gasteiger partial charge in [-0.1, -0.05) is 0 Å². The van der Waals surface area contributed by atoms with Crippen LogP contribution in [0, 0.1) is 0 Å². The monoisotopic (exact) mass is 355 g/mol. The topological polar surface area (TPSA) is 80.1 Å². The van der Waals surface area contributed by atoms with Crippen molar-refractivity contribution in [3.05, 3.63) is 47.5 Å². The minimum atomic E-state index is -0.0787. The molecule has 0 bridgehead atoms. The second-order valence-electron chi connectivity index (χ2n) is 6.68. The van der Waals surface area contributed by atoms with Crippen molar-refractivity contribution in [2.24, 2.45) is 7.05 Å². The predicted molar refractivity (Wildman–Crippen MR) is 97.0 cm³/mol. The third-order valence-electron chi connectivity index (χ3n) is 4.83. The van der Waals surface area contributed by atoms with Crippen molar-refractivity contribution in [1.29, 1.82) is 0 Å². The van der Waals surface area contributed by atoms with Gasteiger partial charge in [-0.15, -0.1) is 0 Å². The summed E-state index contributed by atoms with van der Waals surface area (Å²) in [4.78, 5) is 30.1. The molecule has 3 heterocycles. The van der Waals surface area contributed by atoms with Gasteiger partial charge in [-0.2, -0.15) is 5.10 Å². The Hall–Kier alpha value is -2.70. The maximum Gasteiger partial charge on any atom is 0.223 e. The standard InChI is InChI=1S/C19H25N5O2/c1-14(25)21-13-16-12-15(7-9-20-16)18-4-3-11-24(18)19(26)6-5-17-8-10-22-23(17)2/h7-10,12,18H,3-6,11,13H2,1-2H3,(H,21,25)/t18-/m0/s1. The number of hydrogen-bond acceptors (Lipinski definition) is 4. The lowest BCUT2D eigenvalue weighted by molar-refractivity contribution is -0.132. The number of nitrogens with one attached hydrogen (secondary N) is 1. The van der Waals surface area contributed by atoms with Gasteiger partial charge in [0.25, 0.3) is 0 Å². The lowest BCUT2D eigenvalue weighted by Gasteiger charge is -2.25. The van der Waals surface area contributed by atoms with Crippen LogP contribution < -0.4 is 5.32 Å². The third-order valence-corrected chi connectivity index (χ3v) is 4.83. The highest BCUT2D eigenvalue weighted by Gasteiger charge is 2.29. The lowest BCUT2D eigenvalue weighted by Crippen LogP contribution is -2.31. The zero-order chi connectivity index (χ0) is 18.5. The van der Waals surface area contributed by atoms with Crippen molar-refractivity contribution >= 4 is 11.8 Å². The summed E-state index contributed by atoms with van der Waals surface area (Å²) in [6, 6.07) is 6.00. The molecule has 1 saturated heterocycles. The van der Waals surface area contributed by atoms with Crippen molar-refractivity contribution < 1.29 is 9.59 Å². The number of aromatic nitrogens is 3. The highest BCUT2D eigenvalue weighted by molar-refractivity contribution is 5.77. The predicted octanol–water partition coefficient (Wildman–Crippen LogP) is 1.75. The Morgan fingerprint density at radius 1 is 1.31 bits per heavy atom. The van der Waals surface area contributed by atoms with E-state index in [4.69, 9.17) is 0 Å². The summed E-state index contributed by atoms with van der Waals surface area (Å²) in [5.41, 5.74) is 2.97. The Bertz CT molecular complexity index is 786. The molecular formula is C19H25N5O2. The first-order valence-electron chi connectivity index (χ1n) is 9.00. The van der Waals surface area contributed by atoms with E-state index < -0.39 is 0 Å². The number of pyridine rings is 1. The Balaban J connectivity index is 1.65. The Morgan fingerprint density at radius 2 is 2.15 bits per heavy atom. The van der Waals surface area contributed by atoms with Gasteiger partial charge < -0.3 is 10.2 Å². The van der Waals surface area contributed by atoms with Crippen molar-refractivity contribution in [3.8, 4) is 0 Å². The van der Waals surface area contributed by atoms with E-state index in [-0.39, 0.29) is 17.9 Å². The van der Waals surface area contributed by atoms with E-state index in [2.05, 4.69) is 15.4 Å². The van der Waals surface area contributed by atoms with Gasteiger partial charge >= 0.3 is 0 Å². The van der Waals surface area contributed by atoms with Gasteiger partial charge in [0.1, 0.15) is 0 Å². The smallest absolute Gasteiger partial charge is 0.223 e. The van der Waals surface area contributed by atoms with Crippen LogP contribution in [0.1, 0.15) is 49.2 Å². The summed E-state index contributed by atoms with van der Waals surface area (Å²) in [5, 5.41) is 6.91. The van der Waals surface area contributed by atoms with Crippen molar-refractivity contribution in [2.75, 3.05) is 6.54 Å². The molecular weight excluding hydrogens is 330 g/mol. The van der Waals surface area contributed by atoms with E-state index in [9.17, 15) is 9.59 Å². The second-order valence-corrected chi connectivity index (χ2v) is 6.68. The van der Waals surface area contributed by atoms with Crippen LogP contribution in [0.5, 0.6) is 0 Å². The largest absolute Gasteiger partial charge is 0.351 e. The summed E-state index contributed by atoms with van der Waals surface area (Å²) < 4.78 is 1.81. The molecule has 1 aliphatic heterocycles. The van der Waals surface area contributed by atoms with Gasteiger partial charge in [0.2, 0.25) is 11.8 Å². The molecule has 0 radical (unpaired) electrons. The average Bonchev–Trinajstić information content (AvgIpc) is 3.27. The van der Waals surface area contributed by atoms with Crippen LogP contribution in [0.25, 0.3) is 0 Å². The molecule has 7 heteroatoms. The zero-order valence-corrected chi connectivity index (χ0v) is 15.3. The minimum Gasteiger partial charge on any atom is -0.351 e. The Kier molecular flexibility index (Phi) is 5.65. The van der Waals surface area contributed by atoms with Gasteiger partial charge in [-0.05, 0) is 43.0 Å². The summed E-state index contributed by atoms with van der Waals surface area (Å²) in [5.74, 6) is 0.0963. The van der Waals surface area contributed by atoms with E-state index in [1.165, 1.54) is 6.92 Å². The van der Waals surface area contributed by atoms with E-state index in [0.717, 1.165) is 36.3 Å². The number of rotatable bonds is 6. The van der Waals surface area contributed by atoms with Gasteiger partial charge in [0.05, 0.1) is 18.3 Å². The molecule has 0 spiro atoms. The lowest BCUT2D eigenvalue weighted by atomic mass is 10.0. The molecule has 3 rings (SSSR count). The molecule has 138 valence electrons. The Labute approximate surface area is 153 Å². The number of amides is 2. The highest BCUT2D eigenvalue weighted by Crippen LogP contribution is 2.32. The molecule has 0 unspecified atom stereocenters. The average molecular weight is 355 g/mol. The molecule has 0 aromatic carbocycles. The Morgan fingerprint density at radius 3 is 2.88 bits per heavy atom. The number of aryl methyl sites for hydroxylation is 2. The third kappa shape index (κ3) is 4.28. The maximum atomic E-state index is 12.8. The van der Waals surface area contributed by atoms with Crippen molar-refractivity contribution in [1.82, 2.24) is 25.0 Å². The van der Waals surface area contributed by atoms with E-state index >= 15 is 0 Å². The number of hydrogen-bond donors (Lipinski definition) is 1. The number of carbonyl (C=O) groups excluding carboxylic acids is 2. The molecule has 1 atom stereocenters. The molecule has 1 N–H and O–H groups in total. The van der Waals surface area contributed by atoms with Crippen molar-refractivity contribution in [3.63, 3.8) is 0 Å². The quantitative estimate of drug-likeness (QED) is 0.856. The van der Waals surface area contributed by atoms with Crippen molar-refractivity contribution in [2.45, 2.75) is 45.2 Å². The fourth-order valence-corrected chi connectivity index (χ4v) is 3.45.